The Kier molecular flexibility index (Phi) is 3.65. The number of hydrogen-bond acceptors (Lipinski definition) is 3. The molecule has 2 unspecified atom stereocenters. The fraction of sp³-hybridized carbons (Fsp3) is 0.375. The van der Waals surface area contributed by atoms with Crippen molar-refractivity contribution < 1.29 is 4.79 Å². The van der Waals surface area contributed by atoms with Gasteiger partial charge in [0.25, 0.3) is 0 Å². The molecular formula is C16H19N3O. The molecule has 0 aliphatic heterocycles. The molecule has 1 aromatic heterocycles. The summed E-state index contributed by atoms with van der Waals surface area (Å²) in [5, 5.41) is 4.03. The zero-order valence-electron chi connectivity index (χ0n) is 11.4. The van der Waals surface area contributed by atoms with Gasteiger partial charge in [-0.25, -0.2) is 0 Å². The van der Waals surface area contributed by atoms with Crippen LogP contribution in [0.2, 0.25) is 0 Å². The van der Waals surface area contributed by atoms with E-state index in [4.69, 9.17) is 5.73 Å². The molecule has 1 aliphatic rings. The van der Waals surface area contributed by atoms with Crippen molar-refractivity contribution in [2.45, 2.75) is 31.7 Å². The van der Waals surface area contributed by atoms with Gasteiger partial charge in [-0.05, 0) is 25.0 Å². The Bertz CT molecular complexity index is 621. The molecule has 4 heteroatoms. The first kappa shape index (κ1) is 13.1. The van der Waals surface area contributed by atoms with Crippen LogP contribution < -0.4 is 11.1 Å². The third kappa shape index (κ3) is 2.51. The summed E-state index contributed by atoms with van der Waals surface area (Å²) in [6.07, 6.45) is 5.77. The summed E-state index contributed by atoms with van der Waals surface area (Å²) in [5.74, 6) is -0.0573. The fourth-order valence-electron chi connectivity index (χ4n) is 2.92. The minimum Gasteiger partial charge on any atom is -0.327 e. The molecule has 0 spiro atoms. The number of nitrogens with zero attached hydrogens (tertiary/aromatic N) is 1. The Morgan fingerprint density at radius 2 is 2.00 bits per heavy atom. The lowest BCUT2D eigenvalue weighted by Crippen LogP contribution is -2.40. The van der Waals surface area contributed by atoms with Crippen LogP contribution in [0.1, 0.15) is 25.7 Å². The number of nitrogens with one attached hydrogen (secondary N) is 1. The van der Waals surface area contributed by atoms with Crippen LogP contribution in [0.5, 0.6) is 0 Å². The quantitative estimate of drug-likeness (QED) is 0.880. The first-order valence-corrected chi connectivity index (χ1v) is 7.16. The molecule has 2 atom stereocenters. The molecule has 2 aromatic rings. The summed E-state index contributed by atoms with van der Waals surface area (Å²) in [4.78, 5) is 16.8. The van der Waals surface area contributed by atoms with Crippen LogP contribution in [0.15, 0.2) is 36.5 Å². The number of hydrogen-bond donors (Lipinski definition) is 2. The van der Waals surface area contributed by atoms with E-state index in [0.29, 0.717) is 0 Å². The van der Waals surface area contributed by atoms with Gasteiger partial charge in [0.15, 0.2) is 0 Å². The molecular weight excluding hydrogens is 250 g/mol. The second-order valence-corrected chi connectivity index (χ2v) is 5.42. The van der Waals surface area contributed by atoms with E-state index in [1.807, 2.05) is 30.3 Å². The van der Waals surface area contributed by atoms with E-state index in [1.54, 1.807) is 6.20 Å². The highest BCUT2D eigenvalue weighted by molar-refractivity contribution is 6.01. The van der Waals surface area contributed by atoms with E-state index >= 15 is 0 Å². The second-order valence-electron chi connectivity index (χ2n) is 5.42. The van der Waals surface area contributed by atoms with Crippen LogP contribution >= 0.6 is 0 Å². The Labute approximate surface area is 118 Å². The lowest BCUT2D eigenvalue weighted by atomic mass is 9.84. The number of pyridine rings is 1. The highest BCUT2D eigenvalue weighted by Crippen LogP contribution is 2.26. The number of fused-ring (bicyclic) bond motifs is 1. The number of rotatable bonds is 2. The van der Waals surface area contributed by atoms with E-state index in [2.05, 4.69) is 10.3 Å². The van der Waals surface area contributed by atoms with Gasteiger partial charge in [-0.3, -0.25) is 9.78 Å². The van der Waals surface area contributed by atoms with Crippen molar-refractivity contribution in [3.05, 3.63) is 36.5 Å². The van der Waals surface area contributed by atoms with E-state index in [0.717, 1.165) is 42.3 Å². The summed E-state index contributed by atoms with van der Waals surface area (Å²) in [6, 6.07) is 9.67. The van der Waals surface area contributed by atoms with Gasteiger partial charge >= 0.3 is 0 Å². The van der Waals surface area contributed by atoms with Gasteiger partial charge in [-0.1, -0.05) is 31.0 Å². The molecule has 0 radical (unpaired) electrons. The number of carbonyl (C=O) groups excluding carboxylic acids is 1. The first-order chi connectivity index (χ1) is 9.75. The van der Waals surface area contributed by atoms with Gasteiger partial charge in [-0.15, -0.1) is 0 Å². The number of carbonyl (C=O) groups is 1. The van der Waals surface area contributed by atoms with Gasteiger partial charge in [0.2, 0.25) is 5.91 Å². The monoisotopic (exact) mass is 269 g/mol. The molecule has 104 valence electrons. The van der Waals surface area contributed by atoms with Crippen LogP contribution in [-0.2, 0) is 4.79 Å². The Balaban J connectivity index is 1.84. The molecule has 3 rings (SSSR count). The number of amides is 1. The number of aromatic nitrogens is 1. The molecule has 0 saturated heterocycles. The molecule has 0 bridgehead atoms. The molecule has 1 fully saturated rings. The van der Waals surface area contributed by atoms with Gasteiger partial charge in [0, 0.05) is 17.6 Å². The van der Waals surface area contributed by atoms with E-state index in [9.17, 15) is 4.79 Å². The van der Waals surface area contributed by atoms with Gasteiger partial charge in [0.1, 0.15) is 0 Å². The average molecular weight is 269 g/mol. The summed E-state index contributed by atoms with van der Waals surface area (Å²) >= 11 is 0. The van der Waals surface area contributed by atoms with Crippen LogP contribution in [0.3, 0.4) is 0 Å². The molecule has 1 aromatic carbocycles. The Hall–Kier alpha value is -1.94. The minimum absolute atomic E-state index is 0.0216. The summed E-state index contributed by atoms with van der Waals surface area (Å²) in [6.45, 7) is 0. The van der Waals surface area contributed by atoms with Crippen molar-refractivity contribution in [2.75, 3.05) is 5.32 Å². The lowest BCUT2D eigenvalue weighted by Gasteiger charge is -2.27. The smallest absolute Gasteiger partial charge is 0.229 e. The van der Waals surface area contributed by atoms with Gasteiger partial charge in [-0.2, -0.15) is 0 Å². The highest BCUT2D eigenvalue weighted by Gasteiger charge is 2.28. The fourth-order valence-corrected chi connectivity index (χ4v) is 2.92. The standard InChI is InChI=1S/C16H19N3O/c17-13-8-2-1-7-12(13)16(20)19-14-9-3-5-11-6-4-10-18-15(11)14/h3-6,9-10,12-13H,1-2,7-8,17H2,(H,19,20). The van der Waals surface area contributed by atoms with Gasteiger partial charge in [0.05, 0.1) is 17.1 Å². The number of benzene rings is 1. The van der Waals surface area contributed by atoms with E-state index < -0.39 is 0 Å². The van der Waals surface area contributed by atoms with Crippen LogP contribution in [0.4, 0.5) is 5.69 Å². The van der Waals surface area contributed by atoms with Crippen LogP contribution in [-0.4, -0.2) is 16.9 Å². The molecule has 1 heterocycles. The van der Waals surface area contributed by atoms with Crippen molar-refractivity contribution in [3.8, 4) is 0 Å². The van der Waals surface area contributed by atoms with Crippen molar-refractivity contribution >= 4 is 22.5 Å². The van der Waals surface area contributed by atoms with Crippen molar-refractivity contribution in [1.82, 2.24) is 4.98 Å². The number of anilines is 1. The predicted octanol–water partition coefficient (Wildman–Crippen LogP) is 2.69. The maximum Gasteiger partial charge on any atom is 0.229 e. The maximum atomic E-state index is 12.4. The van der Waals surface area contributed by atoms with E-state index in [-0.39, 0.29) is 17.9 Å². The highest BCUT2D eigenvalue weighted by atomic mass is 16.1. The molecule has 1 saturated carbocycles. The van der Waals surface area contributed by atoms with Crippen molar-refractivity contribution in [2.24, 2.45) is 11.7 Å². The zero-order chi connectivity index (χ0) is 13.9. The molecule has 1 amide bonds. The summed E-state index contributed by atoms with van der Waals surface area (Å²) in [5.41, 5.74) is 7.67. The van der Waals surface area contributed by atoms with Crippen LogP contribution in [0.25, 0.3) is 10.9 Å². The van der Waals surface area contributed by atoms with Crippen LogP contribution in [0, 0.1) is 5.92 Å². The molecule has 1 aliphatic carbocycles. The minimum atomic E-state index is -0.0808. The normalized spacial score (nSPS) is 22.6. The third-order valence-electron chi connectivity index (χ3n) is 4.05. The topological polar surface area (TPSA) is 68.0 Å². The largest absolute Gasteiger partial charge is 0.327 e. The maximum absolute atomic E-state index is 12.4. The average Bonchev–Trinajstić information content (AvgIpc) is 2.48. The van der Waals surface area contributed by atoms with Crippen molar-refractivity contribution in [1.29, 1.82) is 0 Å². The SMILES string of the molecule is NC1CCCCC1C(=O)Nc1cccc2cccnc12. The number of nitrogens with two attached hydrogens (primary N) is 1. The Morgan fingerprint density at radius 1 is 1.20 bits per heavy atom. The molecule has 3 N–H and O–H groups in total. The molecule has 4 nitrogen and oxygen atoms in total. The third-order valence-corrected chi connectivity index (χ3v) is 4.05. The summed E-state index contributed by atoms with van der Waals surface area (Å²) in [7, 11) is 0. The van der Waals surface area contributed by atoms with Gasteiger partial charge < -0.3 is 11.1 Å². The summed E-state index contributed by atoms with van der Waals surface area (Å²) < 4.78 is 0. The zero-order valence-corrected chi connectivity index (χ0v) is 11.4. The van der Waals surface area contributed by atoms with E-state index in [1.165, 1.54) is 0 Å². The van der Waals surface area contributed by atoms with Crippen molar-refractivity contribution in [3.63, 3.8) is 0 Å². The Morgan fingerprint density at radius 3 is 2.85 bits per heavy atom. The second kappa shape index (κ2) is 5.59. The first-order valence-electron chi connectivity index (χ1n) is 7.16. The lowest BCUT2D eigenvalue weighted by molar-refractivity contribution is -0.121. The number of para-hydroxylation sites is 1. The predicted molar refractivity (Wildman–Crippen MR) is 80.3 cm³/mol. The molecule has 20 heavy (non-hydrogen) atoms.